The summed E-state index contributed by atoms with van der Waals surface area (Å²) in [7, 11) is -2.98. The minimum Gasteiger partial charge on any atom is -0.309 e. The van der Waals surface area contributed by atoms with Crippen LogP contribution in [0.1, 0.15) is 0 Å². The summed E-state index contributed by atoms with van der Waals surface area (Å²) < 4.78 is 7.53. The molecule has 0 atom stereocenters. The molecule has 0 radical (unpaired) electrons. The Morgan fingerprint density at radius 2 is 0.657 bits per heavy atom. The fourth-order valence-electron chi connectivity index (χ4n) is 11.9. The minimum absolute atomic E-state index is 1.12. The first kappa shape index (κ1) is 40.1. The van der Waals surface area contributed by atoms with Crippen molar-refractivity contribution in [1.82, 2.24) is 13.7 Å². The molecule has 328 valence electrons. The van der Waals surface area contributed by atoms with Crippen LogP contribution in [0.15, 0.2) is 273 Å². The SMILES string of the molecule is c1ccc(-c2ccccc2-n2c3cc(-n4c5ccccc5c5ccccc54)ccc3c3ccc(-n4c5ccccc5c5cccc([Si](c6ccccc6)(c6ccccc6)c6ccccc6)c54)cc32)cc1. The van der Waals surface area contributed by atoms with Crippen LogP contribution in [0.25, 0.3) is 93.6 Å². The van der Waals surface area contributed by atoms with Gasteiger partial charge < -0.3 is 13.7 Å². The first-order valence-electron chi connectivity index (χ1n) is 24.2. The van der Waals surface area contributed by atoms with Crippen molar-refractivity contribution in [2.24, 2.45) is 0 Å². The summed E-state index contributed by atoms with van der Waals surface area (Å²) in [5.74, 6) is 0. The van der Waals surface area contributed by atoms with E-state index in [9.17, 15) is 0 Å². The predicted molar refractivity (Wildman–Crippen MR) is 299 cm³/mol. The Kier molecular flexibility index (Phi) is 9.23. The summed E-state index contributed by atoms with van der Waals surface area (Å²) in [5, 5.41) is 12.8. The Balaban J connectivity index is 1.11. The fourth-order valence-corrected chi connectivity index (χ4v) is 16.8. The van der Waals surface area contributed by atoms with E-state index in [2.05, 4.69) is 287 Å². The van der Waals surface area contributed by atoms with Gasteiger partial charge in [0.1, 0.15) is 0 Å². The van der Waals surface area contributed by atoms with Gasteiger partial charge in [0.25, 0.3) is 0 Å². The van der Waals surface area contributed by atoms with E-state index in [1.807, 2.05) is 0 Å². The van der Waals surface area contributed by atoms with Crippen LogP contribution in [0.5, 0.6) is 0 Å². The lowest BCUT2D eigenvalue weighted by Crippen LogP contribution is -2.75. The van der Waals surface area contributed by atoms with Crippen molar-refractivity contribution in [3.05, 3.63) is 273 Å². The molecule has 0 saturated heterocycles. The summed E-state index contributed by atoms with van der Waals surface area (Å²) in [4.78, 5) is 0. The fraction of sp³-hybridized carbons (Fsp3) is 0. The molecule has 0 fully saturated rings. The summed E-state index contributed by atoms with van der Waals surface area (Å²) >= 11 is 0. The van der Waals surface area contributed by atoms with Crippen molar-refractivity contribution in [3.63, 3.8) is 0 Å². The molecule has 11 aromatic carbocycles. The van der Waals surface area contributed by atoms with Crippen molar-refractivity contribution >= 4 is 94.2 Å². The second-order valence-electron chi connectivity index (χ2n) is 18.4. The smallest absolute Gasteiger partial charge is 0.181 e. The maximum atomic E-state index is 2.57. The third-order valence-electron chi connectivity index (χ3n) is 14.8. The highest BCUT2D eigenvalue weighted by Crippen LogP contribution is 2.41. The number of hydrogen-bond donors (Lipinski definition) is 0. The lowest BCUT2D eigenvalue weighted by Gasteiger charge is -2.35. The number of nitrogens with zero attached hydrogens (tertiary/aromatic N) is 3. The molecular weight excluding hydrogens is 863 g/mol. The van der Waals surface area contributed by atoms with E-state index in [0.29, 0.717) is 0 Å². The van der Waals surface area contributed by atoms with Crippen molar-refractivity contribution in [2.75, 3.05) is 0 Å². The zero-order chi connectivity index (χ0) is 46.2. The van der Waals surface area contributed by atoms with E-state index in [-0.39, 0.29) is 0 Å². The molecule has 0 aliphatic heterocycles. The first-order chi connectivity index (χ1) is 34.8. The summed E-state index contributed by atoms with van der Waals surface area (Å²) in [6.45, 7) is 0. The average Bonchev–Trinajstić information content (AvgIpc) is 4.08. The number of para-hydroxylation sites is 5. The van der Waals surface area contributed by atoms with Crippen molar-refractivity contribution in [2.45, 2.75) is 0 Å². The van der Waals surface area contributed by atoms with Crippen molar-refractivity contribution < 1.29 is 0 Å². The minimum atomic E-state index is -2.98. The van der Waals surface area contributed by atoms with Crippen LogP contribution in [0.2, 0.25) is 0 Å². The van der Waals surface area contributed by atoms with Gasteiger partial charge in [-0.05, 0) is 74.8 Å². The molecule has 0 saturated carbocycles. The van der Waals surface area contributed by atoms with Gasteiger partial charge in [0.05, 0.1) is 38.8 Å². The standard InChI is InChI=1S/C66H45N3Si/c1-5-22-46(23-6-1)52-30-13-17-35-59(52)69-63-44-47(67-60-36-18-14-31-53(60)54-32-15-19-37-61(54)67)40-42-56(63)57-43-41-48(45-64(57)69)68-62-38-20-16-33-55(62)58-34-21-39-65(66(58)68)70(49-24-7-2-8-25-49,50-26-9-3-10-27-50)51-28-11-4-12-29-51/h1-45H. The normalized spacial score (nSPS) is 12.0. The molecule has 0 aliphatic rings. The summed E-state index contributed by atoms with van der Waals surface area (Å²) in [5.41, 5.74) is 12.9. The molecule has 3 aromatic heterocycles. The molecular formula is C66H45N3Si. The van der Waals surface area contributed by atoms with E-state index >= 15 is 0 Å². The third kappa shape index (κ3) is 5.94. The predicted octanol–water partition coefficient (Wildman–Crippen LogP) is 14.0. The number of benzene rings is 11. The Labute approximate surface area is 407 Å². The topological polar surface area (TPSA) is 14.8 Å². The van der Waals surface area contributed by atoms with Crippen LogP contribution >= 0.6 is 0 Å². The Morgan fingerprint density at radius 3 is 1.20 bits per heavy atom. The number of hydrogen-bond acceptors (Lipinski definition) is 0. The molecule has 0 N–H and O–H groups in total. The molecule has 14 aromatic rings. The van der Waals surface area contributed by atoms with Crippen LogP contribution in [0.3, 0.4) is 0 Å². The number of aromatic nitrogens is 3. The quantitative estimate of drug-likeness (QED) is 0.107. The maximum Gasteiger partial charge on any atom is 0.181 e. The Morgan fingerprint density at radius 1 is 0.257 bits per heavy atom. The van der Waals surface area contributed by atoms with E-state index in [4.69, 9.17) is 0 Å². The van der Waals surface area contributed by atoms with Gasteiger partial charge in [-0.15, -0.1) is 0 Å². The molecule has 3 heterocycles. The van der Waals surface area contributed by atoms with Crippen LogP contribution in [-0.4, -0.2) is 21.8 Å². The third-order valence-corrected chi connectivity index (χ3v) is 19.6. The first-order valence-corrected chi connectivity index (χ1v) is 26.2. The molecule has 0 unspecified atom stereocenters. The average molecular weight is 908 g/mol. The Bertz CT molecular complexity index is 4130. The van der Waals surface area contributed by atoms with Gasteiger partial charge in [0.15, 0.2) is 8.07 Å². The summed E-state index contributed by atoms with van der Waals surface area (Å²) in [6, 6.07) is 101. The zero-order valence-corrected chi connectivity index (χ0v) is 39.3. The Hall–Kier alpha value is -8.96. The molecule has 0 amide bonds. The van der Waals surface area contributed by atoms with E-state index in [1.54, 1.807) is 0 Å². The van der Waals surface area contributed by atoms with Crippen LogP contribution in [0, 0.1) is 0 Å². The highest BCUT2D eigenvalue weighted by molar-refractivity contribution is 7.20. The molecule has 14 rings (SSSR count). The van der Waals surface area contributed by atoms with Gasteiger partial charge in [-0.3, -0.25) is 0 Å². The molecule has 0 spiro atoms. The van der Waals surface area contributed by atoms with E-state index < -0.39 is 8.07 Å². The molecule has 3 nitrogen and oxygen atoms in total. The van der Waals surface area contributed by atoms with Gasteiger partial charge in [0, 0.05) is 49.3 Å². The molecule has 0 bridgehead atoms. The van der Waals surface area contributed by atoms with Crippen molar-refractivity contribution in [1.29, 1.82) is 0 Å². The van der Waals surface area contributed by atoms with Crippen LogP contribution in [-0.2, 0) is 0 Å². The largest absolute Gasteiger partial charge is 0.309 e. The van der Waals surface area contributed by atoms with Crippen molar-refractivity contribution in [3.8, 4) is 28.2 Å². The lowest BCUT2D eigenvalue weighted by atomic mass is 10.0. The van der Waals surface area contributed by atoms with Gasteiger partial charge in [-0.25, -0.2) is 0 Å². The van der Waals surface area contributed by atoms with Gasteiger partial charge in [0.2, 0.25) is 0 Å². The van der Waals surface area contributed by atoms with Gasteiger partial charge in [-0.2, -0.15) is 0 Å². The highest BCUT2D eigenvalue weighted by atomic mass is 28.3. The monoisotopic (exact) mass is 907 g/mol. The van der Waals surface area contributed by atoms with Crippen LogP contribution < -0.4 is 20.7 Å². The van der Waals surface area contributed by atoms with Crippen LogP contribution in [0.4, 0.5) is 0 Å². The number of rotatable bonds is 8. The zero-order valence-electron chi connectivity index (χ0n) is 38.3. The number of fused-ring (bicyclic) bond motifs is 9. The summed E-state index contributed by atoms with van der Waals surface area (Å²) in [6.07, 6.45) is 0. The van der Waals surface area contributed by atoms with Gasteiger partial charge in [-0.1, -0.05) is 224 Å². The maximum absolute atomic E-state index is 2.98. The molecule has 4 heteroatoms. The second-order valence-corrected chi connectivity index (χ2v) is 22.2. The van der Waals surface area contributed by atoms with Gasteiger partial charge >= 0.3 is 0 Å². The van der Waals surface area contributed by atoms with E-state index in [1.165, 1.54) is 86.3 Å². The molecule has 70 heavy (non-hydrogen) atoms. The van der Waals surface area contributed by atoms with E-state index in [0.717, 1.165) is 28.1 Å². The lowest BCUT2D eigenvalue weighted by molar-refractivity contribution is 1.15. The highest BCUT2D eigenvalue weighted by Gasteiger charge is 2.43. The molecule has 0 aliphatic carbocycles. The second kappa shape index (κ2) is 16.1.